The molecule has 11 rings (SSSR count). The SMILES string of the molecule is c1ccc(-c2nc(-c3ccc4c(c3)oc3ccccc34)nc(-c3cccc4c3sc3cc(-n5c6ccccc6c6cccnc65)ccc34)n2)cc1. The summed E-state index contributed by atoms with van der Waals surface area (Å²) in [4.78, 5) is 20.0. The number of thiophene rings is 1. The van der Waals surface area contributed by atoms with Crippen LogP contribution in [0.25, 0.3) is 104 Å². The largest absolute Gasteiger partial charge is 0.456 e. The van der Waals surface area contributed by atoms with E-state index in [-0.39, 0.29) is 0 Å². The summed E-state index contributed by atoms with van der Waals surface area (Å²) in [5, 5.41) is 6.87. The number of para-hydroxylation sites is 2. The van der Waals surface area contributed by atoms with Gasteiger partial charge in [0, 0.05) is 70.3 Å². The maximum Gasteiger partial charge on any atom is 0.165 e. The van der Waals surface area contributed by atoms with Crippen LogP contribution in [0.3, 0.4) is 0 Å². The standard InChI is InChI=1S/C44H25N5OS/c1-2-10-26(11-3-1)41-46-42(27-19-21-31-30-13-5-7-18-37(30)50-38(31)24-27)48-43(47-41)35-15-8-14-33-32-22-20-28(25-39(32)51-40(33)35)49-36-17-6-4-12-29(36)34-16-9-23-45-44(34)49/h1-25H. The van der Waals surface area contributed by atoms with Crippen molar-refractivity contribution >= 4 is 75.4 Å². The normalized spacial score (nSPS) is 11.9. The van der Waals surface area contributed by atoms with E-state index in [1.54, 1.807) is 11.3 Å². The molecule has 0 spiro atoms. The molecule has 0 fully saturated rings. The van der Waals surface area contributed by atoms with Gasteiger partial charge in [0.25, 0.3) is 0 Å². The molecule has 0 unspecified atom stereocenters. The molecule has 11 aromatic rings. The fourth-order valence-electron chi connectivity index (χ4n) is 7.37. The molecule has 0 saturated heterocycles. The summed E-state index contributed by atoms with van der Waals surface area (Å²) < 4.78 is 10.8. The maximum atomic E-state index is 6.24. The molecular formula is C44H25N5OS. The summed E-state index contributed by atoms with van der Waals surface area (Å²) >= 11 is 1.76. The number of hydrogen-bond acceptors (Lipinski definition) is 6. The average molecular weight is 672 g/mol. The fourth-order valence-corrected chi connectivity index (χ4v) is 8.61. The van der Waals surface area contributed by atoms with Crippen molar-refractivity contribution in [3.05, 3.63) is 152 Å². The van der Waals surface area contributed by atoms with Crippen LogP contribution in [-0.2, 0) is 0 Å². The predicted molar refractivity (Wildman–Crippen MR) is 208 cm³/mol. The third-order valence-electron chi connectivity index (χ3n) is 9.72. The van der Waals surface area contributed by atoms with E-state index in [0.29, 0.717) is 17.5 Å². The lowest BCUT2D eigenvalue weighted by molar-refractivity contribution is 0.669. The third-order valence-corrected chi connectivity index (χ3v) is 10.9. The number of fused-ring (bicyclic) bond motifs is 9. The molecule has 0 bridgehead atoms. The minimum atomic E-state index is 0.598. The quantitative estimate of drug-likeness (QED) is 0.186. The van der Waals surface area contributed by atoms with E-state index < -0.39 is 0 Å². The lowest BCUT2D eigenvalue weighted by atomic mass is 10.1. The van der Waals surface area contributed by atoms with E-state index in [0.717, 1.165) is 65.6 Å². The van der Waals surface area contributed by atoms with Gasteiger partial charge in [-0.25, -0.2) is 19.9 Å². The van der Waals surface area contributed by atoms with Crippen LogP contribution in [-0.4, -0.2) is 24.5 Å². The first-order valence-electron chi connectivity index (χ1n) is 16.8. The minimum Gasteiger partial charge on any atom is -0.456 e. The van der Waals surface area contributed by atoms with Crippen molar-refractivity contribution in [1.82, 2.24) is 24.5 Å². The Hall–Kier alpha value is -6.70. The summed E-state index contributed by atoms with van der Waals surface area (Å²) in [5.41, 5.74) is 7.61. The predicted octanol–water partition coefficient (Wildman–Crippen LogP) is 11.6. The van der Waals surface area contributed by atoms with Gasteiger partial charge >= 0.3 is 0 Å². The third kappa shape index (κ3) is 4.35. The molecule has 5 heterocycles. The Morgan fingerprint density at radius 3 is 2.14 bits per heavy atom. The summed E-state index contributed by atoms with van der Waals surface area (Å²) in [5.74, 6) is 1.85. The van der Waals surface area contributed by atoms with Gasteiger partial charge < -0.3 is 4.42 Å². The molecule has 51 heavy (non-hydrogen) atoms. The van der Waals surface area contributed by atoms with E-state index in [4.69, 9.17) is 24.4 Å². The van der Waals surface area contributed by atoms with Crippen LogP contribution in [0.5, 0.6) is 0 Å². The smallest absolute Gasteiger partial charge is 0.165 e. The molecule has 0 atom stereocenters. The van der Waals surface area contributed by atoms with Crippen molar-refractivity contribution < 1.29 is 4.42 Å². The Morgan fingerprint density at radius 1 is 0.490 bits per heavy atom. The molecule has 0 saturated carbocycles. The van der Waals surface area contributed by atoms with E-state index in [1.165, 1.54) is 20.9 Å². The van der Waals surface area contributed by atoms with Crippen molar-refractivity contribution in [3.8, 4) is 39.9 Å². The van der Waals surface area contributed by atoms with Crippen molar-refractivity contribution in [2.45, 2.75) is 0 Å². The van der Waals surface area contributed by atoms with Crippen molar-refractivity contribution in [2.24, 2.45) is 0 Å². The zero-order valence-corrected chi connectivity index (χ0v) is 27.8. The highest BCUT2D eigenvalue weighted by atomic mass is 32.1. The van der Waals surface area contributed by atoms with Gasteiger partial charge in [-0.15, -0.1) is 11.3 Å². The number of furan rings is 1. The van der Waals surface area contributed by atoms with Gasteiger partial charge in [-0.05, 0) is 54.6 Å². The molecule has 6 nitrogen and oxygen atoms in total. The highest BCUT2D eigenvalue weighted by Gasteiger charge is 2.19. The molecule has 0 aliphatic heterocycles. The summed E-state index contributed by atoms with van der Waals surface area (Å²) in [6, 6.07) is 50.2. The monoisotopic (exact) mass is 671 g/mol. The lowest BCUT2D eigenvalue weighted by Crippen LogP contribution is -2.00. The van der Waals surface area contributed by atoms with Crippen LogP contribution in [0.2, 0.25) is 0 Å². The van der Waals surface area contributed by atoms with Crippen LogP contribution in [0.1, 0.15) is 0 Å². The Morgan fingerprint density at radius 2 is 1.22 bits per heavy atom. The first-order chi connectivity index (χ1) is 25.3. The van der Waals surface area contributed by atoms with Crippen LogP contribution in [0.4, 0.5) is 0 Å². The highest BCUT2D eigenvalue weighted by molar-refractivity contribution is 7.26. The number of rotatable bonds is 4. The zero-order chi connectivity index (χ0) is 33.5. The second-order valence-electron chi connectivity index (χ2n) is 12.7. The van der Waals surface area contributed by atoms with Gasteiger partial charge in [-0.3, -0.25) is 4.57 Å². The van der Waals surface area contributed by atoms with E-state index in [2.05, 4.69) is 89.5 Å². The molecule has 0 radical (unpaired) electrons. The second-order valence-corrected chi connectivity index (χ2v) is 13.7. The maximum absolute atomic E-state index is 6.24. The Balaban J connectivity index is 1.10. The Kier molecular flexibility index (Phi) is 6.02. The molecule has 0 aliphatic carbocycles. The van der Waals surface area contributed by atoms with Gasteiger partial charge in [0.1, 0.15) is 16.8 Å². The molecule has 5 aromatic heterocycles. The van der Waals surface area contributed by atoms with Gasteiger partial charge in [-0.2, -0.15) is 0 Å². The number of pyridine rings is 1. The lowest BCUT2D eigenvalue weighted by Gasteiger charge is -2.09. The number of nitrogens with zero attached hydrogens (tertiary/aromatic N) is 5. The molecular weight excluding hydrogens is 647 g/mol. The molecule has 238 valence electrons. The van der Waals surface area contributed by atoms with Crippen molar-refractivity contribution in [2.75, 3.05) is 0 Å². The second kappa shape index (κ2) is 10.9. The van der Waals surface area contributed by atoms with Gasteiger partial charge in [-0.1, -0.05) is 91.0 Å². The van der Waals surface area contributed by atoms with E-state index in [9.17, 15) is 0 Å². The summed E-state index contributed by atoms with van der Waals surface area (Å²) in [7, 11) is 0. The zero-order valence-electron chi connectivity index (χ0n) is 27.0. The first-order valence-corrected chi connectivity index (χ1v) is 17.6. The molecule has 0 N–H and O–H groups in total. The van der Waals surface area contributed by atoms with Crippen molar-refractivity contribution in [3.63, 3.8) is 0 Å². The van der Waals surface area contributed by atoms with Crippen LogP contribution < -0.4 is 0 Å². The molecule has 7 heteroatoms. The molecule has 6 aromatic carbocycles. The first kappa shape index (κ1) is 28.2. The molecule has 0 amide bonds. The van der Waals surface area contributed by atoms with Crippen molar-refractivity contribution in [1.29, 1.82) is 0 Å². The highest BCUT2D eigenvalue weighted by Crippen LogP contribution is 2.42. The van der Waals surface area contributed by atoms with Gasteiger partial charge in [0.05, 0.1) is 5.52 Å². The number of benzene rings is 6. The topological polar surface area (TPSA) is 69.6 Å². The molecule has 0 aliphatic rings. The van der Waals surface area contributed by atoms with Gasteiger partial charge in [0.2, 0.25) is 0 Å². The average Bonchev–Trinajstić information content (AvgIpc) is 3.87. The Bertz CT molecular complexity index is 3100. The minimum absolute atomic E-state index is 0.598. The number of aromatic nitrogens is 5. The fraction of sp³-hybridized carbons (Fsp3) is 0. The Labute approximate surface area is 294 Å². The summed E-state index contributed by atoms with van der Waals surface area (Å²) in [6.45, 7) is 0. The van der Waals surface area contributed by atoms with Crippen LogP contribution >= 0.6 is 11.3 Å². The van der Waals surface area contributed by atoms with E-state index >= 15 is 0 Å². The van der Waals surface area contributed by atoms with Gasteiger partial charge in [0.15, 0.2) is 17.5 Å². The van der Waals surface area contributed by atoms with E-state index in [1.807, 2.05) is 66.9 Å². The number of hydrogen-bond donors (Lipinski definition) is 0. The van der Waals surface area contributed by atoms with Crippen LogP contribution in [0.15, 0.2) is 156 Å². The van der Waals surface area contributed by atoms with Crippen LogP contribution in [0, 0.1) is 0 Å². The summed E-state index contributed by atoms with van der Waals surface area (Å²) in [6.07, 6.45) is 1.86.